The molecule has 0 aromatic carbocycles. The Morgan fingerprint density at radius 2 is 2.12 bits per heavy atom. The van der Waals surface area contributed by atoms with Crippen LogP contribution in [0, 0.1) is 0 Å². The third-order valence-corrected chi connectivity index (χ3v) is 0.876. The fraction of sp³-hybridized carbons (Fsp3) is 1.00. The van der Waals surface area contributed by atoms with E-state index < -0.39 is 11.1 Å². The largest absolute Gasteiger partial charge is 0.392 e. The van der Waals surface area contributed by atoms with Gasteiger partial charge in [-0.05, 0) is 6.92 Å². The first kappa shape index (κ1) is 8.50. The first-order valence-electron chi connectivity index (χ1n) is 2.32. The van der Waals surface area contributed by atoms with Gasteiger partial charge in [-0.15, -0.1) is 0 Å². The molecular weight excluding hydrogens is 149 g/mol. The van der Waals surface area contributed by atoms with Crippen LogP contribution in [-0.2, 0) is 0 Å². The van der Waals surface area contributed by atoms with E-state index in [-0.39, 0.29) is 0 Å². The van der Waals surface area contributed by atoms with E-state index in [9.17, 15) is 0 Å². The Kier molecular flexibility index (Phi) is 4.66. The fourth-order valence-corrected chi connectivity index (χ4v) is 0.438. The van der Waals surface area contributed by atoms with Gasteiger partial charge in [-0.2, -0.15) is 0 Å². The Morgan fingerprint density at radius 3 is 2.25 bits per heavy atom. The molecule has 0 aromatic heterocycles. The number of aliphatic hydroxyl groups excluding tert-OH is 1. The Balaban J connectivity index is 2.93. The van der Waals surface area contributed by atoms with Crippen LogP contribution in [0.2, 0.25) is 0 Å². The molecule has 2 N–H and O–H groups in total. The molecule has 0 saturated heterocycles. The van der Waals surface area contributed by atoms with Crippen molar-refractivity contribution in [2.45, 2.75) is 18.0 Å². The minimum Gasteiger partial charge on any atom is -0.392 e. The maximum atomic E-state index is 8.62. The molecule has 0 aromatic rings. The monoisotopic (exact) mass is 157 g/mol. The summed E-state index contributed by atoms with van der Waals surface area (Å²) < 4.78 is 0. The summed E-state index contributed by atoms with van der Waals surface area (Å²) in [5, 5.41) is 11.2. The van der Waals surface area contributed by atoms with E-state index in [1.165, 1.54) is 0 Å². The van der Waals surface area contributed by atoms with Crippen LogP contribution in [0.15, 0.2) is 0 Å². The number of hydrogen-bond acceptors (Lipinski definition) is 2. The molecule has 0 heterocycles. The minimum absolute atomic E-state index is 0.394. The maximum absolute atomic E-state index is 8.62. The third kappa shape index (κ3) is 6.50. The van der Waals surface area contributed by atoms with Crippen molar-refractivity contribution in [1.29, 1.82) is 0 Å². The molecular formula is C4H9Cl2NO. The van der Waals surface area contributed by atoms with Gasteiger partial charge in [0.25, 0.3) is 0 Å². The number of aliphatic hydroxyl groups is 1. The average molecular weight is 158 g/mol. The SMILES string of the molecule is CC(O)CNC(Cl)Cl. The zero-order valence-electron chi connectivity index (χ0n) is 4.56. The first-order chi connectivity index (χ1) is 3.63. The molecule has 2 nitrogen and oxygen atoms in total. The second-order valence-corrected chi connectivity index (χ2v) is 2.65. The van der Waals surface area contributed by atoms with Crippen molar-refractivity contribution in [3.63, 3.8) is 0 Å². The smallest absolute Gasteiger partial charge is 0.158 e. The zero-order chi connectivity index (χ0) is 6.57. The molecule has 0 fully saturated rings. The van der Waals surface area contributed by atoms with Crippen LogP contribution in [0.1, 0.15) is 6.92 Å². The van der Waals surface area contributed by atoms with Crippen molar-refractivity contribution >= 4 is 23.2 Å². The summed E-state index contributed by atoms with van der Waals surface area (Å²) in [6.07, 6.45) is -0.394. The Labute approximate surface area is 58.8 Å². The van der Waals surface area contributed by atoms with Crippen LogP contribution in [-0.4, -0.2) is 22.7 Å². The molecule has 8 heavy (non-hydrogen) atoms. The predicted octanol–water partition coefficient (Wildman–Crippen LogP) is 0.718. The normalized spacial score (nSPS) is 14.6. The van der Waals surface area contributed by atoms with Crippen LogP contribution < -0.4 is 5.32 Å². The number of alkyl halides is 2. The summed E-state index contributed by atoms with van der Waals surface area (Å²) in [5.74, 6) is 0. The van der Waals surface area contributed by atoms with Crippen LogP contribution in [0.3, 0.4) is 0 Å². The van der Waals surface area contributed by atoms with Crippen LogP contribution in [0.5, 0.6) is 0 Å². The van der Waals surface area contributed by atoms with E-state index in [1.54, 1.807) is 6.92 Å². The number of nitrogens with one attached hydrogen (secondary N) is 1. The zero-order valence-corrected chi connectivity index (χ0v) is 6.08. The standard InChI is InChI=1S/C4H9Cl2NO/c1-3(8)2-7-4(5)6/h3-4,7-8H,2H2,1H3. The number of rotatable bonds is 3. The quantitative estimate of drug-likeness (QED) is 0.468. The summed E-state index contributed by atoms with van der Waals surface area (Å²) >= 11 is 10.5. The number of hydrogen-bond donors (Lipinski definition) is 2. The van der Waals surface area contributed by atoms with Crippen LogP contribution >= 0.6 is 23.2 Å². The third-order valence-electron chi connectivity index (χ3n) is 0.568. The molecule has 0 rings (SSSR count). The van der Waals surface area contributed by atoms with Crippen molar-refractivity contribution in [1.82, 2.24) is 5.32 Å². The van der Waals surface area contributed by atoms with Gasteiger partial charge in [0.2, 0.25) is 0 Å². The second kappa shape index (κ2) is 4.39. The first-order valence-corrected chi connectivity index (χ1v) is 3.20. The molecule has 0 bridgehead atoms. The lowest BCUT2D eigenvalue weighted by atomic mass is 10.4. The van der Waals surface area contributed by atoms with Crippen molar-refractivity contribution in [3.05, 3.63) is 0 Å². The van der Waals surface area contributed by atoms with Crippen molar-refractivity contribution in [3.8, 4) is 0 Å². The Hall–Kier alpha value is 0.500. The molecule has 0 aliphatic carbocycles. The Morgan fingerprint density at radius 1 is 1.62 bits per heavy atom. The molecule has 0 amide bonds. The van der Waals surface area contributed by atoms with Gasteiger partial charge in [-0.25, -0.2) is 0 Å². The maximum Gasteiger partial charge on any atom is 0.158 e. The lowest BCUT2D eigenvalue weighted by Gasteiger charge is -2.05. The molecule has 0 saturated carbocycles. The van der Waals surface area contributed by atoms with Gasteiger partial charge in [0.1, 0.15) is 0 Å². The highest BCUT2D eigenvalue weighted by molar-refractivity contribution is 6.43. The van der Waals surface area contributed by atoms with E-state index in [1.807, 2.05) is 0 Å². The van der Waals surface area contributed by atoms with Crippen molar-refractivity contribution in [2.24, 2.45) is 0 Å². The molecule has 0 aliphatic rings. The van der Waals surface area contributed by atoms with Gasteiger partial charge in [-0.3, -0.25) is 5.32 Å². The van der Waals surface area contributed by atoms with Gasteiger partial charge in [-0.1, -0.05) is 23.2 Å². The summed E-state index contributed by atoms with van der Waals surface area (Å²) in [5.41, 5.74) is 0. The molecule has 4 heteroatoms. The summed E-state index contributed by atoms with van der Waals surface area (Å²) in [7, 11) is 0. The van der Waals surface area contributed by atoms with E-state index in [2.05, 4.69) is 5.32 Å². The van der Waals surface area contributed by atoms with Crippen LogP contribution in [0.4, 0.5) is 0 Å². The summed E-state index contributed by atoms with van der Waals surface area (Å²) in [4.78, 5) is -0.579. The van der Waals surface area contributed by atoms with E-state index in [4.69, 9.17) is 28.3 Å². The van der Waals surface area contributed by atoms with Crippen molar-refractivity contribution in [2.75, 3.05) is 6.54 Å². The highest BCUT2D eigenvalue weighted by Crippen LogP contribution is 1.94. The summed E-state index contributed by atoms with van der Waals surface area (Å²) in [6.45, 7) is 2.08. The lowest BCUT2D eigenvalue weighted by Crippen LogP contribution is -2.27. The van der Waals surface area contributed by atoms with Gasteiger partial charge < -0.3 is 5.11 Å². The molecule has 0 spiro atoms. The predicted molar refractivity (Wildman–Crippen MR) is 35.2 cm³/mol. The lowest BCUT2D eigenvalue weighted by molar-refractivity contribution is 0.192. The molecule has 0 aliphatic heterocycles. The Bertz CT molecular complexity index is 50.0. The second-order valence-electron chi connectivity index (χ2n) is 1.56. The number of halogens is 2. The molecule has 1 unspecified atom stereocenters. The highest BCUT2D eigenvalue weighted by atomic mass is 35.5. The highest BCUT2D eigenvalue weighted by Gasteiger charge is 1.98. The molecule has 0 radical (unpaired) electrons. The van der Waals surface area contributed by atoms with Gasteiger partial charge in [0.05, 0.1) is 6.10 Å². The van der Waals surface area contributed by atoms with E-state index in [0.29, 0.717) is 6.54 Å². The van der Waals surface area contributed by atoms with E-state index >= 15 is 0 Å². The van der Waals surface area contributed by atoms with Gasteiger partial charge in [0.15, 0.2) is 4.96 Å². The molecule has 1 atom stereocenters. The average Bonchev–Trinajstić information content (AvgIpc) is 1.61. The van der Waals surface area contributed by atoms with E-state index in [0.717, 1.165) is 0 Å². The fourth-order valence-electron chi connectivity index (χ4n) is 0.260. The van der Waals surface area contributed by atoms with Crippen molar-refractivity contribution < 1.29 is 5.11 Å². The van der Waals surface area contributed by atoms with Crippen LogP contribution in [0.25, 0.3) is 0 Å². The van der Waals surface area contributed by atoms with Gasteiger partial charge in [0, 0.05) is 6.54 Å². The summed E-state index contributed by atoms with van der Waals surface area (Å²) in [6, 6.07) is 0. The molecule has 50 valence electrons. The topological polar surface area (TPSA) is 32.3 Å². The minimum atomic E-state index is -0.579. The van der Waals surface area contributed by atoms with Gasteiger partial charge >= 0.3 is 0 Å².